The van der Waals surface area contributed by atoms with Gasteiger partial charge in [-0.1, -0.05) is 78.0 Å². The molecule has 27 heavy (non-hydrogen) atoms. The van der Waals surface area contributed by atoms with Gasteiger partial charge in [-0.2, -0.15) is 4.68 Å². The van der Waals surface area contributed by atoms with Crippen LogP contribution in [0.5, 0.6) is 0 Å². The normalized spacial score (nSPS) is 11.9. The monoisotopic (exact) mass is 396 g/mol. The molecule has 0 aliphatic heterocycles. The molecular weight excluding hydrogens is 383 g/mol. The minimum absolute atomic E-state index is 0.108. The molecule has 0 saturated carbocycles. The molecule has 4 rings (SSSR count). The molecule has 0 radical (unpaired) electrons. The largest absolute Gasteiger partial charge is 0.214 e. The summed E-state index contributed by atoms with van der Waals surface area (Å²) in [5.74, 6) is -0.198. The summed E-state index contributed by atoms with van der Waals surface area (Å²) in [6, 6.07) is 21.0. The van der Waals surface area contributed by atoms with Crippen molar-refractivity contribution in [1.82, 2.24) is 20.2 Å². The van der Waals surface area contributed by atoms with Gasteiger partial charge in [0.15, 0.2) is 0 Å². The molecule has 0 N–H and O–H groups in total. The first-order valence-corrected chi connectivity index (χ1v) is 9.58. The van der Waals surface area contributed by atoms with E-state index in [0.29, 0.717) is 15.7 Å². The van der Waals surface area contributed by atoms with E-state index in [1.165, 1.54) is 17.8 Å². The maximum Gasteiger partial charge on any atom is 0.214 e. The zero-order chi connectivity index (χ0) is 18.6. The fraction of sp³-hybridized carbons (Fsp3) is 0.0500. The Hall–Kier alpha value is -2.70. The van der Waals surface area contributed by atoms with Gasteiger partial charge in [-0.15, -0.1) is 5.10 Å². The first-order chi connectivity index (χ1) is 13.2. The molecule has 0 bridgehead atoms. The second-order valence-corrected chi connectivity index (χ2v) is 7.12. The molecular formula is C20H14ClFN4S. The quantitative estimate of drug-likeness (QED) is 0.413. The number of rotatable bonds is 5. The summed E-state index contributed by atoms with van der Waals surface area (Å²) in [4.78, 5) is 0. The molecule has 1 heterocycles. The van der Waals surface area contributed by atoms with Crippen molar-refractivity contribution in [2.45, 2.75) is 5.16 Å². The van der Waals surface area contributed by atoms with Crippen LogP contribution in [0.1, 0.15) is 5.56 Å². The predicted octanol–water partition coefficient (Wildman–Crippen LogP) is 5.57. The average Bonchev–Trinajstić information content (AvgIpc) is 3.16. The highest BCUT2D eigenvalue weighted by Gasteiger charge is 2.12. The predicted molar refractivity (Wildman–Crippen MR) is 108 cm³/mol. The van der Waals surface area contributed by atoms with E-state index < -0.39 is 0 Å². The van der Waals surface area contributed by atoms with E-state index in [2.05, 4.69) is 15.5 Å². The van der Waals surface area contributed by atoms with Gasteiger partial charge in [0.25, 0.3) is 0 Å². The number of hydrogen-bond acceptors (Lipinski definition) is 4. The van der Waals surface area contributed by atoms with Crippen molar-refractivity contribution in [3.63, 3.8) is 0 Å². The second-order valence-electron chi connectivity index (χ2n) is 5.77. The molecule has 0 saturated heterocycles. The van der Waals surface area contributed by atoms with E-state index in [0.717, 1.165) is 16.5 Å². The Morgan fingerprint density at radius 2 is 1.81 bits per heavy atom. The van der Waals surface area contributed by atoms with Gasteiger partial charge in [0.1, 0.15) is 5.83 Å². The topological polar surface area (TPSA) is 43.6 Å². The smallest absolute Gasteiger partial charge is 0.211 e. The zero-order valence-electron chi connectivity index (χ0n) is 14.1. The van der Waals surface area contributed by atoms with Gasteiger partial charge in [-0.05, 0) is 39.6 Å². The van der Waals surface area contributed by atoms with E-state index >= 15 is 0 Å². The Morgan fingerprint density at radius 3 is 2.70 bits per heavy atom. The van der Waals surface area contributed by atoms with Crippen molar-refractivity contribution in [3.05, 3.63) is 83.1 Å². The summed E-state index contributed by atoms with van der Waals surface area (Å²) in [6.45, 7) is 0. The number of nitrogens with zero attached hydrogens (tertiary/aromatic N) is 4. The van der Waals surface area contributed by atoms with Crippen molar-refractivity contribution in [1.29, 1.82) is 0 Å². The summed E-state index contributed by atoms with van der Waals surface area (Å²) < 4.78 is 16.0. The van der Waals surface area contributed by atoms with Gasteiger partial charge in [0.2, 0.25) is 5.16 Å². The number of fused-ring (bicyclic) bond motifs is 1. The van der Waals surface area contributed by atoms with E-state index in [1.54, 1.807) is 16.8 Å². The first kappa shape index (κ1) is 17.7. The molecule has 4 aromatic rings. The fourth-order valence-corrected chi connectivity index (χ4v) is 3.64. The standard InChI is InChI=1S/C20H14ClFN4S/c21-18-10-4-2-7-15(18)12-16(22)13-27-20-23-24-25-26(20)19-11-5-8-14-6-1-3-9-17(14)19/h1-12H,13H2/b16-12+. The van der Waals surface area contributed by atoms with Crippen molar-refractivity contribution in [3.8, 4) is 5.69 Å². The highest BCUT2D eigenvalue weighted by Crippen LogP contribution is 2.27. The summed E-state index contributed by atoms with van der Waals surface area (Å²) in [7, 11) is 0. The maximum atomic E-state index is 14.4. The lowest BCUT2D eigenvalue weighted by molar-refractivity contribution is 0.651. The Labute approximate surface area is 164 Å². The van der Waals surface area contributed by atoms with Gasteiger partial charge < -0.3 is 0 Å². The molecule has 0 amide bonds. The van der Waals surface area contributed by atoms with Crippen LogP contribution in [0.4, 0.5) is 4.39 Å². The summed E-state index contributed by atoms with van der Waals surface area (Å²) in [5, 5.41) is 15.0. The Balaban J connectivity index is 1.59. The average molecular weight is 397 g/mol. The highest BCUT2D eigenvalue weighted by molar-refractivity contribution is 7.99. The first-order valence-electron chi connectivity index (χ1n) is 8.22. The fourth-order valence-electron chi connectivity index (χ4n) is 2.75. The summed E-state index contributed by atoms with van der Waals surface area (Å²) in [5.41, 5.74) is 1.50. The van der Waals surface area contributed by atoms with Gasteiger partial charge in [-0.3, -0.25) is 0 Å². The lowest BCUT2D eigenvalue weighted by Crippen LogP contribution is -2.00. The summed E-state index contributed by atoms with van der Waals surface area (Å²) in [6.07, 6.45) is 1.43. The molecule has 134 valence electrons. The lowest BCUT2D eigenvalue weighted by Gasteiger charge is -2.07. The van der Waals surface area contributed by atoms with E-state index in [9.17, 15) is 4.39 Å². The molecule has 0 aliphatic rings. The van der Waals surface area contributed by atoms with Crippen LogP contribution in [0, 0.1) is 0 Å². The maximum absolute atomic E-state index is 14.4. The molecule has 0 fully saturated rings. The van der Waals surface area contributed by atoms with E-state index in [1.807, 2.05) is 54.6 Å². The Bertz CT molecular complexity index is 1120. The van der Waals surface area contributed by atoms with Gasteiger partial charge in [0.05, 0.1) is 11.4 Å². The molecule has 0 unspecified atom stereocenters. The van der Waals surface area contributed by atoms with Crippen molar-refractivity contribution in [2.24, 2.45) is 0 Å². The van der Waals surface area contributed by atoms with E-state index in [-0.39, 0.29) is 11.6 Å². The Kier molecular flexibility index (Phi) is 5.18. The van der Waals surface area contributed by atoms with Crippen molar-refractivity contribution < 1.29 is 4.39 Å². The van der Waals surface area contributed by atoms with Crippen LogP contribution < -0.4 is 0 Å². The van der Waals surface area contributed by atoms with Crippen LogP contribution in [0.25, 0.3) is 22.5 Å². The summed E-state index contributed by atoms with van der Waals surface area (Å²) >= 11 is 7.31. The number of aromatic nitrogens is 4. The molecule has 0 atom stereocenters. The number of thioether (sulfide) groups is 1. The third kappa shape index (κ3) is 3.86. The third-order valence-electron chi connectivity index (χ3n) is 3.99. The van der Waals surface area contributed by atoms with Crippen LogP contribution in [0.3, 0.4) is 0 Å². The molecule has 3 aromatic carbocycles. The molecule has 1 aromatic heterocycles. The number of halogens is 2. The number of tetrazole rings is 1. The second kappa shape index (κ2) is 7.90. The zero-order valence-corrected chi connectivity index (χ0v) is 15.7. The van der Waals surface area contributed by atoms with Gasteiger partial charge in [0, 0.05) is 10.4 Å². The van der Waals surface area contributed by atoms with Crippen molar-refractivity contribution >= 4 is 40.2 Å². The highest BCUT2D eigenvalue weighted by atomic mass is 35.5. The minimum Gasteiger partial charge on any atom is -0.211 e. The SMILES string of the molecule is F/C(=C/c1ccccc1Cl)CSc1nnnn1-c1cccc2ccccc12. The van der Waals surface area contributed by atoms with Crippen LogP contribution >= 0.6 is 23.4 Å². The number of hydrogen-bond donors (Lipinski definition) is 0. The van der Waals surface area contributed by atoms with Crippen LogP contribution in [-0.4, -0.2) is 26.0 Å². The third-order valence-corrected chi connectivity index (χ3v) is 5.27. The van der Waals surface area contributed by atoms with E-state index in [4.69, 9.17) is 11.6 Å². The molecule has 0 aliphatic carbocycles. The minimum atomic E-state index is -0.305. The number of benzene rings is 3. The van der Waals surface area contributed by atoms with Crippen LogP contribution in [0.15, 0.2) is 77.7 Å². The van der Waals surface area contributed by atoms with Gasteiger partial charge in [-0.25, -0.2) is 4.39 Å². The molecule has 4 nitrogen and oxygen atoms in total. The molecule has 0 spiro atoms. The van der Waals surface area contributed by atoms with Crippen LogP contribution in [0.2, 0.25) is 5.02 Å². The van der Waals surface area contributed by atoms with Gasteiger partial charge >= 0.3 is 0 Å². The molecule has 7 heteroatoms. The van der Waals surface area contributed by atoms with Crippen LogP contribution in [-0.2, 0) is 0 Å². The lowest BCUT2D eigenvalue weighted by atomic mass is 10.1. The Morgan fingerprint density at radius 1 is 1.04 bits per heavy atom. The van der Waals surface area contributed by atoms with Crippen molar-refractivity contribution in [2.75, 3.05) is 5.75 Å².